The van der Waals surface area contributed by atoms with E-state index >= 15 is 0 Å². The molecule has 0 saturated carbocycles. The first-order valence-electron chi connectivity index (χ1n) is 5.35. The van der Waals surface area contributed by atoms with Gasteiger partial charge in [-0.1, -0.05) is 29.8 Å². The highest BCUT2D eigenvalue weighted by Gasteiger charge is 2.23. The van der Waals surface area contributed by atoms with Crippen LogP contribution in [0.3, 0.4) is 0 Å². The summed E-state index contributed by atoms with van der Waals surface area (Å²) < 4.78 is 0. The van der Waals surface area contributed by atoms with Crippen LogP contribution < -0.4 is 5.73 Å². The van der Waals surface area contributed by atoms with Gasteiger partial charge < -0.3 is 5.73 Å². The lowest BCUT2D eigenvalue weighted by Gasteiger charge is -2.08. The molecule has 84 valence electrons. The van der Waals surface area contributed by atoms with Crippen LogP contribution in [0, 0.1) is 6.92 Å². The molecule has 0 aromatic heterocycles. The van der Waals surface area contributed by atoms with Crippen molar-refractivity contribution in [1.82, 2.24) is 5.01 Å². The van der Waals surface area contributed by atoms with Crippen molar-refractivity contribution in [1.29, 1.82) is 0 Å². The fourth-order valence-corrected chi connectivity index (χ4v) is 1.67. The van der Waals surface area contributed by atoms with Crippen molar-refractivity contribution in [2.24, 2.45) is 10.8 Å². The number of nitrogens with zero attached hydrogens (tertiary/aromatic N) is 2. The average Bonchev–Trinajstić information content (AvgIpc) is 2.62. The van der Waals surface area contributed by atoms with Crippen molar-refractivity contribution < 1.29 is 4.79 Å². The van der Waals surface area contributed by atoms with Crippen LogP contribution >= 0.6 is 0 Å². The predicted octanol–water partition coefficient (Wildman–Crippen LogP) is 0.890. The summed E-state index contributed by atoms with van der Waals surface area (Å²) in [5, 5.41) is 5.73. The lowest BCUT2D eigenvalue weighted by Crippen LogP contribution is -2.26. The highest BCUT2D eigenvalue weighted by Crippen LogP contribution is 2.15. The number of amides is 1. The number of nitrogens with two attached hydrogens (primary N) is 1. The molecule has 2 N–H and O–H groups in total. The Morgan fingerprint density at radius 3 is 2.69 bits per heavy atom. The number of hydrogen-bond acceptors (Lipinski definition) is 3. The van der Waals surface area contributed by atoms with Crippen LogP contribution in [-0.4, -0.2) is 29.7 Å². The minimum Gasteiger partial charge on any atom is -0.329 e. The second-order valence-electron chi connectivity index (χ2n) is 3.90. The van der Waals surface area contributed by atoms with Crippen molar-refractivity contribution in [2.75, 3.05) is 13.1 Å². The Morgan fingerprint density at radius 2 is 2.06 bits per heavy atom. The molecule has 0 saturated heterocycles. The minimum absolute atomic E-state index is 0.0287. The zero-order valence-corrected chi connectivity index (χ0v) is 9.31. The maximum absolute atomic E-state index is 11.6. The van der Waals surface area contributed by atoms with E-state index in [1.807, 2.05) is 31.2 Å². The van der Waals surface area contributed by atoms with E-state index in [1.54, 1.807) is 0 Å². The Bertz CT molecular complexity index is 422. The highest BCUT2D eigenvalue weighted by atomic mass is 16.2. The van der Waals surface area contributed by atoms with Gasteiger partial charge in [0, 0.05) is 6.54 Å². The monoisotopic (exact) mass is 217 g/mol. The van der Waals surface area contributed by atoms with Crippen molar-refractivity contribution >= 4 is 11.6 Å². The molecule has 1 amide bonds. The maximum atomic E-state index is 11.6. The number of hydrazone groups is 1. The fourth-order valence-electron chi connectivity index (χ4n) is 1.67. The van der Waals surface area contributed by atoms with E-state index in [-0.39, 0.29) is 5.91 Å². The summed E-state index contributed by atoms with van der Waals surface area (Å²) in [5.41, 5.74) is 8.46. The molecule has 1 heterocycles. The minimum atomic E-state index is 0.0287. The highest BCUT2D eigenvalue weighted by molar-refractivity contribution is 6.13. The summed E-state index contributed by atoms with van der Waals surface area (Å²) in [6.45, 7) is 2.97. The SMILES string of the molecule is Cc1ccc(C2=NN(CCN)C(=O)C2)cc1. The number of carbonyl (C=O) groups is 1. The van der Waals surface area contributed by atoms with E-state index in [0.717, 1.165) is 11.3 Å². The van der Waals surface area contributed by atoms with E-state index in [9.17, 15) is 4.79 Å². The van der Waals surface area contributed by atoms with E-state index in [1.165, 1.54) is 10.6 Å². The molecular weight excluding hydrogens is 202 g/mol. The van der Waals surface area contributed by atoms with Crippen LogP contribution in [0.2, 0.25) is 0 Å². The molecule has 16 heavy (non-hydrogen) atoms. The number of benzene rings is 1. The molecular formula is C12H15N3O. The molecule has 4 heteroatoms. The molecule has 1 aliphatic heterocycles. The van der Waals surface area contributed by atoms with Crippen LogP contribution in [0.15, 0.2) is 29.4 Å². The van der Waals surface area contributed by atoms with Crippen molar-refractivity contribution in [2.45, 2.75) is 13.3 Å². The summed E-state index contributed by atoms with van der Waals surface area (Å²) in [7, 11) is 0. The molecule has 0 bridgehead atoms. The maximum Gasteiger partial charge on any atom is 0.248 e. The molecule has 1 aromatic rings. The van der Waals surface area contributed by atoms with Crippen LogP contribution in [0.5, 0.6) is 0 Å². The third kappa shape index (κ3) is 2.12. The lowest BCUT2D eigenvalue weighted by atomic mass is 10.1. The second kappa shape index (κ2) is 4.45. The first-order valence-corrected chi connectivity index (χ1v) is 5.35. The van der Waals surface area contributed by atoms with Gasteiger partial charge in [0.2, 0.25) is 5.91 Å². The van der Waals surface area contributed by atoms with Crippen LogP contribution in [-0.2, 0) is 4.79 Å². The Hall–Kier alpha value is -1.68. The molecule has 1 aliphatic rings. The molecule has 4 nitrogen and oxygen atoms in total. The number of rotatable bonds is 3. The number of hydrogen-bond donors (Lipinski definition) is 1. The Kier molecular flexibility index (Phi) is 3.01. The molecule has 1 aromatic carbocycles. The molecule has 0 radical (unpaired) electrons. The molecule has 0 spiro atoms. The Morgan fingerprint density at radius 1 is 1.38 bits per heavy atom. The summed E-state index contributed by atoms with van der Waals surface area (Å²) in [6, 6.07) is 8.03. The zero-order valence-electron chi connectivity index (χ0n) is 9.31. The van der Waals surface area contributed by atoms with Gasteiger partial charge in [-0.15, -0.1) is 0 Å². The topological polar surface area (TPSA) is 58.7 Å². The summed E-state index contributed by atoms with van der Waals surface area (Å²) in [6.07, 6.45) is 0.378. The third-order valence-corrected chi connectivity index (χ3v) is 2.57. The van der Waals surface area contributed by atoms with E-state index < -0.39 is 0 Å². The van der Waals surface area contributed by atoms with Gasteiger partial charge in [-0.05, 0) is 12.5 Å². The zero-order chi connectivity index (χ0) is 11.5. The van der Waals surface area contributed by atoms with E-state index in [4.69, 9.17) is 5.73 Å². The first-order chi connectivity index (χ1) is 7.70. The molecule has 0 unspecified atom stereocenters. The van der Waals surface area contributed by atoms with Gasteiger partial charge in [0.05, 0.1) is 18.7 Å². The van der Waals surface area contributed by atoms with Crippen molar-refractivity contribution in [3.63, 3.8) is 0 Å². The number of aryl methyl sites for hydroxylation is 1. The number of carbonyl (C=O) groups excluding carboxylic acids is 1. The van der Waals surface area contributed by atoms with Crippen molar-refractivity contribution in [3.8, 4) is 0 Å². The Balaban J connectivity index is 2.20. The summed E-state index contributed by atoms with van der Waals surface area (Å²) in [5.74, 6) is 0.0287. The van der Waals surface area contributed by atoms with E-state index in [2.05, 4.69) is 5.10 Å². The standard InChI is InChI=1S/C12H15N3O/c1-9-2-4-10(5-3-9)11-8-12(16)15(14-11)7-6-13/h2-5H,6-8,13H2,1H3. The normalized spacial score (nSPS) is 15.5. The van der Waals surface area contributed by atoms with Gasteiger partial charge in [0.1, 0.15) is 0 Å². The quantitative estimate of drug-likeness (QED) is 0.817. The van der Waals surface area contributed by atoms with Crippen LogP contribution in [0.4, 0.5) is 0 Å². The first kappa shape index (κ1) is 10.8. The van der Waals surface area contributed by atoms with Crippen LogP contribution in [0.25, 0.3) is 0 Å². The van der Waals surface area contributed by atoms with Crippen LogP contribution in [0.1, 0.15) is 17.5 Å². The predicted molar refractivity (Wildman–Crippen MR) is 63.1 cm³/mol. The lowest BCUT2D eigenvalue weighted by molar-refractivity contribution is -0.128. The van der Waals surface area contributed by atoms with Gasteiger partial charge in [-0.2, -0.15) is 5.10 Å². The fraction of sp³-hybridized carbons (Fsp3) is 0.333. The van der Waals surface area contributed by atoms with Gasteiger partial charge in [-0.3, -0.25) is 4.79 Å². The molecule has 0 aliphatic carbocycles. The summed E-state index contributed by atoms with van der Waals surface area (Å²) >= 11 is 0. The smallest absolute Gasteiger partial charge is 0.248 e. The molecule has 0 fully saturated rings. The van der Waals surface area contributed by atoms with Gasteiger partial charge >= 0.3 is 0 Å². The molecule has 2 rings (SSSR count). The van der Waals surface area contributed by atoms with Gasteiger partial charge in [0.25, 0.3) is 0 Å². The van der Waals surface area contributed by atoms with E-state index in [0.29, 0.717) is 19.5 Å². The van der Waals surface area contributed by atoms with Crippen molar-refractivity contribution in [3.05, 3.63) is 35.4 Å². The van der Waals surface area contributed by atoms with Gasteiger partial charge in [-0.25, -0.2) is 5.01 Å². The largest absolute Gasteiger partial charge is 0.329 e. The van der Waals surface area contributed by atoms with Gasteiger partial charge in [0.15, 0.2) is 0 Å². The second-order valence-corrected chi connectivity index (χ2v) is 3.90. The summed E-state index contributed by atoms with van der Waals surface area (Å²) in [4.78, 5) is 11.6. The molecule has 0 atom stereocenters. The average molecular weight is 217 g/mol. The Labute approximate surface area is 94.7 Å². The third-order valence-electron chi connectivity index (χ3n) is 2.57.